The first-order valence-corrected chi connectivity index (χ1v) is 6.77. The molecule has 0 unspecified atom stereocenters. The Balaban J connectivity index is 2.05. The molecule has 0 aliphatic heterocycles. The second kappa shape index (κ2) is 4.96. The monoisotopic (exact) mass is 268 g/mol. The molecular weight excluding hydrogens is 252 g/mol. The molecule has 0 spiro atoms. The summed E-state index contributed by atoms with van der Waals surface area (Å²) >= 11 is 0. The minimum Gasteiger partial charge on any atom is -0.398 e. The molecule has 2 N–H and O–H groups in total. The fraction of sp³-hybridized carbons (Fsp3) is 0.250. The van der Waals surface area contributed by atoms with Crippen LogP contribution in [0.15, 0.2) is 36.4 Å². The number of benzene rings is 2. The number of hydrogen-bond acceptors (Lipinski definition) is 3. The van der Waals surface area contributed by atoms with Gasteiger partial charge in [0.25, 0.3) is 5.69 Å². The van der Waals surface area contributed by atoms with Gasteiger partial charge in [-0.25, -0.2) is 0 Å². The molecule has 4 nitrogen and oxygen atoms in total. The topological polar surface area (TPSA) is 69.2 Å². The highest BCUT2D eigenvalue weighted by molar-refractivity contribution is 5.51. The average Bonchev–Trinajstić information content (AvgIpc) is 2.42. The van der Waals surface area contributed by atoms with Crippen LogP contribution in [0.1, 0.15) is 22.3 Å². The van der Waals surface area contributed by atoms with Crippen molar-refractivity contribution in [3.63, 3.8) is 0 Å². The Morgan fingerprint density at radius 1 is 0.900 bits per heavy atom. The van der Waals surface area contributed by atoms with Crippen LogP contribution in [0, 0.1) is 10.1 Å². The van der Waals surface area contributed by atoms with Crippen LogP contribution in [0.4, 0.5) is 11.4 Å². The molecule has 102 valence electrons. The summed E-state index contributed by atoms with van der Waals surface area (Å²) in [6, 6.07) is 11.7. The predicted molar refractivity (Wildman–Crippen MR) is 78.8 cm³/mol. The molecule has 0 atom stereocenters. The van der Waals surface area contributed by atoms with Crippen molar-refractivity contribution < 1.29 is 4.92 Å². The van der Waals surface area contributed by atoms with Crippen molar-refractivity contribution in [2.24, 2.45) is 0 Å². The number of nitrogen functional groups attached to an aromatic ring is 1. The van der Waals surface area contributed by atoms with Crippen molar-refractivity contribution in [1.29, 1.82) is 0 Å². The molecule has 0 amide bonds. The molecule has 0 fully saturated rings. The zero-order valence-electron chi connectivity index (χ0n) is 11.1. The molecule has 0 heterocycles. The number of nitrogens with two attached hydrogens (primary N) is 1. The smallest absolute Gasteiger partial charge is 0.272 e. The lowest BCUT2D eigenvalue weighted by atomic mass is 9.95. The Morgan fingerprint density at radius 3 is 2.15 bits per heavy atom. The van der Waals surface area contributed by atoms with Crippen molar-refractivity contribution in [3.05, 3.63) is 68.8 Å². The number of anilines is 1. The Labute approximate surface area is 117 Å². The third-order valence-electron chi connectivity index (χ3n) is 3.92. The largest absolute Gasteiger partial charge is 0.398 e. The quantitative estimate of drug-likeness (QED) is 0.491. The third-order valence-corrected chi connectivity index (χ3v) is 3.92. The van der Waals surface area contributed by atoms with E-state index in [1.807, 2.05) is 18.2 Å². The highest BCUT2D eigenvalue weighted by Gasteiger charge is 2.16. The summed E-state index contributed by atoms with van der Waals surface area (Å²) in [6.07, 6.45) is 3.01. The van der Waals surface area contributed by atoms with E-state index in [1.165, 1.54) is 0 Å². The zero-order chi connectivity index (χ0) is 14.1. The van der Waals surface area contributed by atoms with E-state index in [9.17, 15) is 10.1 Å². The maximum absolute atomic E-state index is 11.2. The van der Waals surface area contributed by atoms with Gasteiger partial charge in [0, 0.05) is 17.3 Å². The standard InChI is InChI=1S/C16H16N2O2/c17-15-9-11-1-5-13(15)6-2-12-4-8-14(7-3-11)16(10-12)18(19)20/h1,4-5,8-10H,2-3,6-7,17H2. The number of aryl methyl sites for hydroxylation is 4. The molecule has 6 rings (SSSR count). The van der Waals surface area contributed by atoms with Gasteiger partial charge in [-0.2, -0.15) is 0 Å². The predicted octanol–water partition coefficient (Wildman–Crippen LogP) is 3.06. The van der Waals surface area contributed by atoms with E-state index in [0.717, 1.165) is 47.2 Å². The van der Waals surface area contributed by atoms with Crippen LogP contribution in [-0.2, 0) is 25.7 Å². The van der Waals surface area contributed by atoms with Gasteiger partial charge in [0.2, 0.25) is 0 Å². The zero-order valence-corrected chi connectivity index (χ0v) is 11.1. The second-order valence-electron chi connectivity index (χ2n) is 5.25. The van der Waals surface area contributed by atoms with Crippen LogP contribution in [-0.4, -0.2) is 4.92 Å². The van der Waals surface area contributed by atoms with E-state index in [4.69, 9.17) is 5.73 Å². The van der Waals surface area contributed by atoms with Crippen LogP contribution in [0.3, 0.4) is 0 Å². The van der Waals surface area contributed by atoms with E-state index >= 15 is 0 Å². The third kappa shape index (κ3) is 2.37. The fourth-order valence-corrected chi connectivity index (χ4v) is 2.73. The van der Waals surface area contributed by atoms with Gasteiger partial charge in [-0.15, -0.1) is 0 Å². The van der Waals surface area contributed by atoms with E-state index < -0.39 is 0 Å². The summed E-state index contributed by atoms with van der Waals surface area (Å²) in [7, 11) is 0. The summed E-state index contributed by atoms with van der Waals surface area (Å²) in [5.74, 6) is 0. The maximum Gasteiger partial charge on any atom is 0.272 e. The van der Waals surface area contributed by atoms with Gasteiger partial charge in [0.1, 0.15) is 0 Å². The molecular formula is C16H16N2O2. The minimum atomic E-state index is -0.277. The number of rotatable bonds is 1. The van der Waals surface area contributed by atoms with E-state index in [-0.39, 0.29) is 10.6 Å². The van der Waals surface area contributed by atoms with Crippen molar-refractivity contribution in [2.45, 2.75) is 25.7 Å². The average molecular weight is 268 g/mol. The first-order valence-electron chi connectivity index (χ1n) is 6.77. The molecule has 4 aliphatic rings. The maximum atomic E-state index is 11.2. The van der Waals surface area contributed by atoms with Crippen LogP contribution >= 0.6 is 0 Å². The number of nitrogens with zero attached hydrogens (tertiary/aromatic N) is 1. The van der Waals surface area contributed by atoms with Gasteiger partial charge in [-0.1, -0.05) is 24.3 Å². The van der Waals surface area contributed by atoms with Crippen LogP contribution in [0.5, 0.6) is 0 Å². The summed E-state index contributed by atoms with van der Waals surface area (Å²) in [5.41, 5.74) is 11.2. The minimum absolute atomic E-state index is 0.241. The Kier molecular flexibility index (Phi) is 3.14. The molecule has 20 heavy (non-hydrogen) atoms. The normalized spacial score (nSPS) is 13.8. The van der Waals surface area contributed by atoms with E-state index in [2.05, 4.69) is 12.1 Å². The van der Waals surface area contributed by atoms with Gasteiger partial charge < -0.3 is 5.73 Å². The van der Waals surface area contributed by atoms with Crippen molar-refractivity contribution in [3.8, 4) is 0 Å². The van der Waals surface area contributed by atoms with Crippen molar-refractivity contribution in [2.75, 3.05) is 5.73 Å². The van der Waals surface area contributed by atoms with Crippen molar-refractivity contribution >= 4 is 11.4 Å². The second-order valence-corrected chi connectivity index (χ2v) is 5.25. The Hall–Kier alpha value is -2.36. The molecule has 0 aromatic heterocycles. The molecule has 4 aliphatic carbocycles. The summed E-state index contributed by atoms with van der Waals surface area (Å²) < 4.78 is 0. The molecule has 2 aromatic rings. The van der Waals surface area contributed by atoms with Gasteiger partial charge in [0.05, 0.1) is 4.92 Å². The number of nitro groups is 1. The van der Waals surface area contributed by atoms with Crippen LogP contribution < -0.4 is 5.73 Å². The lowest BCUT2D eigenvalue weighted by Crippen LogP contribution is -2.04. The Bertz CT molecular complexity index is 680. The lowest BCUT2D eigenvalue weighted by molar-refractivity contribution is -0.385. The first kappa shape index (κ1) is 12.7. The van der Waals surface area contributed by atoms with Gasteiger partial charge >= 0.3 is 0 Å². The fourth-order valence-electron chi connectivity index (χ4n) is 2.73. The van der Waals surface area contributed by atoms with Gasteiger partial charge in [-0.3, -0.25) is 10.1 Å². The summed E-state index contributed by atoms with van der Waals surface area (Å²) in [4.78, 5) is 10.9. The molecule has 0 saturated heterocycles. The summed E-state index contributed by atoms with van der Waals surface area (Å²) in [5, 5.41) is 11.2. The lowest BCUT2D eigenvalue weighted by Gasteiger charge is -2.12. The molecule has 0 saturated carbocycles. The van der Waals surface area contributed by atoms with Crippen LogP contribution in [0.25, 0.3) is 0 Å². The number of hydrogen-bond donors (Lipinski definition) is 1. The SMILES string of the molecule is Nc1cc2ccc1CCc1ccc(c([N+](=O)[O-])c1)CC2. The molecule has 2 aromatic carbocycles. The number of nitro benzene ring substituents is 1. The molecule has 4 heteroatoms. The van der Waals surface area contributed by atoms with E-state index in [1.54, 1.807) is 6.07 Å². The first-order chi connectivity index (χ1) is 9.63. The van der Waals surface area contributed by atoms with E-state index in [0.29, 0.717) is 6.42 Å². The highest BCUT2D eigenvalue weighted by atomic mass is 16.6. The van der Waals surface area contributed by atoms with Gasteiger partial charge in [-0.05, 0) is 48.4 Å². The molecule has 0 radical (unpaired) electrons. The highest BCUT2D eigenvalue weighted by Crippen LogP contribution is 2.26. The summed E-state index contributed by atoms with van der Waals surface area (Å²) in [6.45, 7) is 0. The van der Waals surface area contributed by atoms with Gasteiger partial charge in [0.15, 0.2) is 0 Å². The van der Waals surface area contributed by atoms with Crippen LogP contribution in [0.2, 0.25) is 0 Å². The Morgan fingerprint density at radius 2 is 1.50 bits per heavy atom. The molecule has 4 bridgehead atoms. The van der Waals surface area contributed by atoms with Crippen molar-refractivity contribution in [1.82, 2.24) is 0 Å².